The maximum absolute atomic E-state index is 9.24. The molecule has 17 heavy (non-hydrogen) atoms. The monoisotopic (exact) mass is 248 g/mol. The van der Waals surface area contributed by atoms with Crippen LogP contribution in [0.5, 0.6) is 0 Å². The Morgan fingerprint density at radius 1 is 1.35 bits per heavy atom. The van der Waals surface area contributed by atoms with Crippen LogP contribution in [0, 0.1) is 0 Å². The molecule has 0 fully saturated rings. The quantitative estimate of drug-likeness (QED) is 0.607. The van der Waals surface area contributed by atoms with Gasteiger partial charge >= 0.3 is 7.12 Å². The summed E-state index contributed by atoms with van der Waals surface area (Å²) in [6, 6.07) is 7.32. The third-order valence-electron chi connectivity index (χ3n) is 2.41. The van der Waals surface area contributed by atoms with Crippen LogP contribution in [-0.4, -0.2) is 26.9 Å². The first-order valence-corrected chi connectivity index (χ1v) is 6.21. The molecule has 0 aliphatic heterocycles. The van der Waals surface area contributed by atoms with Gasteiger partial charge in [0, 0.05) is 23.9 Å². The molecule has 0 aliphatic rings. The Morgan fingerprint density at radius 2 is 2.12 bits per heavy atom. The normalized spacial score (nSPS) is 10.5. The van der Waals surface area contributed by atoms with Gasteiger partial charge in [-0.3, -0.25) is 4.68 Å². The molecule has 4 nitrogen and oxygen atoms in total. The summed E-state index contributed by atoms with van der Waals surface area (Å²) in [4.78, 5) is 1.06. The zero-order valence-corrected chi connectivity index (χ0v) is 10.3. The Hall–Kier alpha value is -1.24. The van der Waals surface area contributed by atoms with Crippen molar-refractivity contribution in [1.82, 2.24) is 9.78 Å². The zero-order valence-electron chi connectivity index (χ0n) is 9.45. The highest BCUT2D eigenvalue weighted by Crippen LogP contribution is 2.20. The molecule has 0 saturated carbocycles. The largest absolute Gasteiger partial charge is 0.488 e. The van der Waals surface area contributed by atoms with Gasteiger partial charge in [0.25, 0.3) is 0 Å². The lowest BCUT2D eigenvalue weighted by atomic mass is 9.77. The number of hydrogen-bond acceptors (Lipinski definition) is 4. The lowest BCUT2D eigenvalue weighted by Gasteiger charge is -2.07. The van der Waals surface area contributed by atoms with Crippen molar-refractivity contribution < 1.29 is 10.0 Å². The van der Waals surface area contributed by atoms with Crippen molar-refractivity contribution in [1.29, 1.82) is 0 Å². The average molecular weight is 248 g/mol. The number of aryl methyl sites for hydroxylation is 1. The van der Waals surface area contributed by atoms with Crippen molar-refractivity contribution in [2.24, 2.45) is 7.05 Å². The topological polar surface area (TPSA) is 58.3 Å². The predicted molar refractivity (Wildman–Crippen MR) is 69.0 cm³/mol. The van der Waals surface area contributed by atoms with Gasteiger partial charge in [0.05, 0.1) is 6.20 Å². The van der Waals surface area contributed by atoms with Crippen LogP contribution in [0.1, 0.15) is 5.56 Å². The van der Waals surface area contributed by atoms with Gasteiger partial charge in [-0.2, -0.15) is 5.10 Å². The SMILES string of the molecule is Cn1cc(SCc2ccccc2B(O)O)cn1. The molecular weight excluding hydrogens is 235 g/mol. The van der Waals surface area contributed by atoms with Gasteiger partial charge in [0.1, 0.15) is 0 Å². The first-order chi connectivity index (χ1) is 8.16. The fourth-order valence-electron chi connectivity index (χ4n) is 1.55. The van der Waals surface area contributed by atoms with Gasteiger partial charge in [-0.25, -0.2) is 0 Å². The van der Waals surface area contributed by atoms with Gasteiger partial charge < -0.3 is 10.0 Å². The van der Waals surface area contributed by atoms with Gasteiger partial charge in [0.15, 0.2) is 0 Å². The van der Waals surface area contributed by atoms with Gasteiger partial charge in [-0.05, 0) is 11.0 Å². The summed E-state index contributed by atoms with van der Waals surface area (Å²) in [7, 11) is 0.454. The van der Waals surface area contributed by atoms with E-state index in [-0.39, 0.29) is 0 Å². The molecule has 0 atom stereocenters. The van der Waals surface area contributed by atoms with E-state index in [9.17, 15) is 10.0 Å². The minimum Gasteiger partial charge on any atom is -0.423 e. The van der Waals surface area contributed by atoms with E-state index in [0.717, 1.165) is 10.5 Å². The van der Waals surface area contributed by atoms with Crippen molar-refractivity contribution in [3.8, 4) is 0 Å². The van der Waals surface area contributed by atoms with E-state index < -0.39 is 7.12 Å². The molecular formula is C11H13BN2O2S. The number of aromatic nitrogens is 2. The maximum Gasteiger partial charge on any atom is 0.488 e. The first kappa shape index (κ1) is 12.2. The van der Waals surface area contributed by atoms with E-state index in [0.29, 0.717) is 11.2 Å². The molecule has 88 valence electrons. The molecule has 0 spiro atoms. The second-order valence-corrected chi connectivity index (χ2v) is 4.76. The molecule has 0 unspecified atom stereocenters. The minimum absolute atomic E-state index is 0.559. The Bertz CT molecular complexity index is 502. The van der Waals surface area contributed by atoms with E-state index in [1.165, 1.54) is 0 Å². The van der Waals surface area contributed by atoms with E-state index in [1.54, 1.807) is 34.8 Å². The van der Waals surface area contributed by atoms with E-state index in [4.69, 9.17) is 0 Å². The van der Waals surface area contributed by atoms with E-state index in [1.807, 2.05) is 25.4 Å². The third kappa shape index (κ3) is 3.12. The summed E-state index contributed by atoms with van der Waals surface area (Å²) < 4.78 is 1.75. The summed E-state index contributed by atoms with van der Waals surface area (Å²) in [5.74, 6) is 0.694. The molecule has 0 saturated heterocycles. The van der Waals surface area contributed by atoms with Crippen molar-refractivity contribution in [3.63, 3.8) is 0 Å². The summed E-state index contributed by atoms with van der Waals surface area (Å²) in [5, 5.41) is 22.6. The molecule has 0 aliphatic carbocycles. The summed E-state index contributed by atoms with van der Waals surface area (Å²) in [6.45, 7) is 0. The summed E-state index contributed by atoms with van der Waals surface area (Å²) in [5.41, 5.74) is 1.49. The number of hydrogen-bond donors (Lipinski definition) is 2. The fourth-order valence-corrected chi connectivity index (χ4v) is 2.49. The maximum atomic E-state index is 9.24. The summed E-state index contributed by atoms with van der Waals surface area (Å²) >= 11 is 1.62. The molecule has 6 heteroatoms. The highest BCUT2D eigenvalue weighted by molar-refractivity contribution is 7.98. The lowest BCUT2D eigenvalue weighted by Crippen LogP contribution is -2.32. The number of nitrogens with zero attached hydrogens (tertiary/aromatic N) is 2. The molecule has 0 bridgehead atoms. The lowest BCUT2D eigenvalue weighted by molar-refractivity contribution is 0.425. The van der Waals surface area contributed by atoms with Gasteiger partial charge in [-0.15, -0.1) is 11.8 Å². The molecule has 2 rings (SSSR count). The van der Waals surface area contributed by atoms with Crippen molar-refractivity contribution in [3.05, 3.63) is 42.2 Å². The fraction of sp³-hybridized carbons (Fsp3) is 0.182. The first-order valence-electron chi connectivity index (χ1n) is 5.22. The second kappa shape index (κ2) is 5.40. The molecule has 1 aromatic carbocycles. The molecule has 0 radical (unpaired) electrons. The Kier molecular flexibility index (Phi) is 3.88. The average Bonchev–Trinajstić information content (AvgIpc) is 2.73. The highest BCUT2D eigenvalue weighted by atomic mass is 32.2. The second-order valence-electron chi connectivity index (χ2n) is 3.71. The standard InChI is InChI=1S/C11H13BN2O2S/c1-14-7-10(6-13-14)17-8-9-4-2-3-5-11(9)12(15)16/h2-7,15-16H,8H2,1H3. The number of benzene rings is 1. The molecule has 2 N–H and O–H groups in total. The van der Waals surface area contributed by atoms with Crippen LogP contribution in [-0.2, 0) is 12.8 Å². The van der Waals surface area contributed by atoms with Crippen LogP contribution in [0.15, 0.2) is 41.6 Å². The van der Waals surface area contributed by atoms with Gasteiger partial charge in [0.2, 0.25) is 0 Å². The summed E-state index contributed by atoms with van der Waals surface area (Å²) in [6.07, 6.45) is 3.73. The third-order valence-corrected chi connectivity index (χ3v) is 3.41. The van der Waals surface area contributed by atoms with Crippen LogP contribution < -0.4 is 5.46 Å². The Morgan fingerprint density at radius 3 is 2.76 bits per heavy atom. The van der Waals surface area contributed by atoms with Crippen LogP contribution in [0.3, 0.4) is 0 Å². The van der Waals surface area contributed by atoms with E-state index >= 15 is 0 Å². The smallest absolute Gasteiger partial charge is 0.423 e. The number of thioether (sulfide) groups is 1. The van der Waals surface area contributed by atoms with Crippen LogP contribution in [0.2, 0.25) is 0 Å². The van der Waals surface area contributed by atoms with E-state index in [2.05, 4.69) is 5.10 Å². The Balaban J connectivity index is 2.08. The number of rotatable bonds is 4. The van der Waals surface area contributed by atoms with Crippen LogP contribution >= 0.6 is 11.8 Å². The zero-order chi connectivity index (χ0) is 12.3. The van der Waals surface area contributed by atoms with Crippen molar-refractivity contribution >= 4 is 24.3 Å². The van der Waals surface area contributed by atoms with Crippen LogP contribution in [0.25, 0.3) is 0 Å². The molecule has 1 heterocycles. The molecule has 2 aromatic rings. The highest BCUT2D eigenvalue weighted by Gasteiger charge is 2.15. The van der Waals surface area contributed by atoms with Crippen molar-refractivity contribution in [2.75, 3.05) is 0 Å². The van der Waals surface area contributed by atoms with Crippen molar-refractivity contribution in [2.45, 2.75) is 10.6 Å². The Labute approximate surface area is 104 Å². The molecule has 0 amide bonds. The predicted octanol–water partition coefficient (Wildman–Crippen LogP) is 0.392. The minimum atomic E-state index is -1.42. The molecule has 1 aromatic heterocycles. The van der Waals surface area contributed by atoms with Gasteiger partial charge in [-0.1, -0.05) is 24.3 Å². The van der Waals surface area contributed by atoms with Crippen LogP contribution in [0.4, 0.5) is 0 Å².